The molecule has 1 aliphatic carbocycles. The van der Waals surface area contributed by atoms with Crippen LogP contribution in [0.1, 0.15) is 45.2 Å². The zero-order chi connectivity index (χ0) is 18.9. The molecule has 3 rings (SSSR count). The van der Waals surface area contributed by atoms with Crippen LogP contribution < -0.4 is 0 Å². The zero-order valence-corrected chi connectivity index (χ0v) is 15.5. The highest BCUT2D eigenvalue weighted by Crippen LogP contribution is 2.47. The van der Waals surface area contributed by atoms with Crippen molar-refractivity contribution >= 4 is 17.5 Å². The number of carbonyl (C=O) groups excluding carboxylic acids is 2. The molecule has 0 aromatic carbocycles. The van der Waals surface area contributed by atoms with Gasteiger partial charge in [0.05, 0.1) is 5.92 Å². The number of pyridine rings is 1. The summed E-state index contributed by atoms with van der Waals surface area (Å²) < 4.78 is 5.31. The number of carbonyl (C=O) groups is 2. The van der Waals surface area contributed by atoms with Crippen molar-refractivity contribution in [3.8, 4) is 0 Å². The summed E-state index contributed by atoms with van der Waals surface area (Å²) in [7, 11) is 0. The molecule has 0 N–H and O–H groups in total. The minimum atomic E-state index is -0.645. The molecule has 0 radical (unpaired) electrons. The second-order valence-corrected chi connectivity index (χ2v) is 7.68. The fraction of sp³-hybridized carbons (Fsp3) is 0.429. The Hall–Kier alpha value is -2.56. The van der Waals surface area contributed by atoms with E-state index in [1.165, 1.54) is 6.08 Å². The maximum atomic E-state index is 13.0. The van der Waals surface area contributed by atoms with Gasteiger partial charge in [-0.15, -0.1) is 0 Å². The van der Waals surface area contributed by atoms with E-state index in [9.17, 15) is 9.59 Å². The maximum Gasteiger partial charge on any atom is 0.316 e. The lowest BCUT2D eigenvalue weighted by atomic mass is 9.67. The monoisotopic (exact) mass is 352 g/mol. The minimum Gasteiger partial charge on any atom is -0.461 e. The van der Waals surface area contributed by atoms with Crippen molar-refractivity contribution in [3.05, 3.63) is 54.0 Å². The molecule has 0 spiro atoms. The molecule has 1 unspecified atom stereocenters. The van der Waals surface area contributed by atoms with Crippen LogP contribution in [-0.4, -0.2) is 29.1 Å². The molecule has 1 aliphatic heterocycles. The summed E-state index contributed by atoms with van der Waals surface area (Å²) >= 11 is 0. The number of ketones is 1. The number of aromatic nitrogens is 1. The summed E-state index contributed by atoms with van der Waals surface area (Å²) in [4.78, 5) is 34.8. The third kappa shape index (κ3) is 3.39. The highest BCUT2D eigenvalue weighted by atomic mass is 16.5. The highest BCUT2D eigenvalue weighted by Gasteiger charge is 2.46. The number of allylic oxidation sites excluding steroid dienone is 2. The number of hydrogen-bond acceptors (Lipinski definition) is 5. The Morgan fingerprint density at radius 1 is 1.38 bits per heavy atom. The number of rotatable bonds is 4. The molecule has 2 heterocycles. The van der Waals surface area contributed by atoms with Gasteiger partial charge >= 0.3 is 5.97 Å². The Kier molecular flexibility index (Phi) is 4.90. The van der Waals surface area contributed by atoms with Gasteiger partial charge in [-0.3, -0.25) is 19.6 Å². The van der Waals surface area contributed by atoms with E-state index < -0.39 is 17.8 Å². The standard InChI is InChI=1S/C21H24N2O3/c1-5-10-26-20(25)17-13(2)23-15-11-21(3,4)12-16(24)18(15)19(17)14-8-6-7-9-22-14/h5-9,17,19H,1,10-12H2,2-4H3/t17?,19-/m1/s1. The van der Waals surface area contributed by atoms with Gasteiger partial charge in [0, 0.05) is 35.3 Å². The predicted octanol–water partition coefficient (Wildman–Crippen LogP) is 3.63. The van der Waals surface area contributed by atoms with Crippen molar-refractivity contribution in [1.29, 1.82) is 0 Å². The van der Waals surface area contributed by atoms with Gasteiger partial charge in [0.25, 0.3) is 0 Å². The predicted molar refractivity (Wildman–Crippen MR) is 99.8 cm³/mol. The number of hydrogen-bond donors (Lipinski definition) is 0. The van der Waals surface area contributed by atoms with Gasteiger partial charge in [-0.2, -0.15) is 0 Å². The van der Waals surface area contributed by atoms with Crippen LogP contribution in [-0.2, 0) is 14.3 Å². The molecule has 0 saturated heterocycles. The van der Waals surface area contributed by atoms with Gasteiger partial charge in [-0.05, 0) is 30.9 Å². The average Bonchev–Trinajstić information content (AvgIpc) is 2.58. The Labute approximate surface area is 153 Å². The van der Waals surface area contributed by atoms with E-state index in [0.29, 0.717) is 29.8 Å². The van der Waals surface area contributed by atoms with E-state index in [-0.39, 0.29) is 17.8 Å². The van der Waals surface area contributed by atoms with Gasteiger partial charge in [-0.25, -0.2) is 0 Å². The Morgan fingerprint density at radius 2 is 2.15 bits per heavy atom. The maximum absolute atomic E-state index is 13.0. The van der Waals surface area contributed by atoms with Crippen molar-refractivity contribution in [2.45, 2.75) is 39.5 Å². The Morgan fingerprint density at radius 3 is 2.81 bits per heavy atom. The van der Waals surface area contributed by atoms with Crippen molar-refractivity contribution < 1.29 is 14.3 Å². The normalized spacial score (nSPS) is 24.6. The smallest absolute Gasteiger partial charge is 0.316 e. The third-order valence-electron chi connectivity index (χ3n) is 4.91. The number of aliphatic imine (C=N–C) groups is 1. The van der Waals surface area contributed by atoms with Gasteiger partial charge in [0.15, 0.2) is 5.78 Å². The van der Waals surface area contributed by atoms with E-state index in [0.717, 1.165) is 5.70 Å². The summed E-state index contributed by atoms with van der Waals surface area (Å²) in [6.45, 7) is 9.68. The molecule has 0 saturated carbocycles. The van der Waals surface area contributed by atoms with E-state index in [1.54, 1.807) is 6.20 Å². The van der Waals surface area contributed by atoms with Crippen LogP contribution in [0.2, 0.25) is 0 Å². The number of esters is 1. The fourth-order valence-electron chi connectivity index (χ4n) is 3.86. The van der Waals surface area contributed by atoms with Crippen LogP contribution in [0.15, 0.2) is 53.3 Å². The molecule has 26 heavy (non-hydrogen) atoms. The molecule has 0 amide bonds. The van der Waals surface area contributed by atoms with Crippen molar-refractivity contribution in [2.24, 2.45) is 16.3 Å². The molecule has 1 aromatic rings. The summed E-state index contributed by atoms with van der Waals surface area (Å²) in [6.07, 6.45) is 4.36. The Balaban J connectivity index is 2.12. The van der Waals surface area contributed by atoms with Crippen molar-refractivity contribution in [1.82, 2.24) is 4.98 Å². The van der Waals surface area contributed by atoms with Crippen LogP contribution in [0.5, 0.6) is 0 Å². The summed E-state index contributed by atoms with van der Waals surface area (Å²) in [5.41, 5.74) is 2.63. The molecular formula is C21H24N2O3. The average molecular weight is 352 g/mol. The molecule has 0 bridgehead atoms. The van der Waals surface area contributed by atoms with E-state index in [1.807, 2.05) is 25.1 Å². The quantitative estimate of drug-likeness (QED) is 0.613. The van der Waals surface area contributed by atoms with Gasteiger partial charge in [0.1, 0.15) is 12.5 Å². The van der Waals surface area contributed by atoms with Gasteiger partial charge in [0.2, 0.25) is 0 Å². The summed E-state index contributed by atoms with van der Waals surface area (Å²) in [5.74, 6) is -1.45. The number of nitrogens with zero attached hydrogens (tertiary/aromatic N) is 2. The van der Waals surface area contributed by atoms with Gasteiger partial charge < -0.3 is 4.74 Å². The lowest BCUT2D eigenvalue weighted by molar-refractivity contribution is -0.145. The lowest BCUT2D eigenvalue weighted by Gasteiger charge is -2.38. The minimum absolute atomic E-state index is 0.0460. The van der Waals surface area contributed by atoms with E-state index in [4.69, 9.17) is 4.74 Å². The number of Topliss-reactive ketones (excluding diaryl/α,β-unsaturated/α-hetero) is 1. The lowest BCUT2D eigenvalue weighted by Crippen LogP contribution is -2.39. The third-order valence-corrected chi connectivity index (χ3v) is 4.91. The van der Waals surface area contributed by atoms with Crippen molar-refractivity contribution in [3.63, 3.8) is 0 Å². The van der Waals surface area contributed by atoms with E-state index >= 15 is 0 Å². The molecule has 5 nitrogen and oxygen atoms in total. The first kappa shape index (κ1) is 18.2. The van der Waals surface area contributed by atoms with Crippen molar-refractivity contribution in [2.75, 3.05) is 6.61 Å². The Bertz CT molecular complexity index is 806. The molecule has 2 atom stereocenters. The van der Waals surface area contributed by atoms with Crippen LogP contribution in [0.3, 0.4) is 0 Å². The molecule has 136 valence electrons. The SMILES string of the molecule is C=CCOC(=O)C1C(C)=NC2=C(C(=O)CC(C)(C)C2)[C@@H]1c1ccccn1. The molecule has 0 fully saturated rings. The first-order valence-corrected chi connectivity index (χ1v) is 8.84. The first-order chi connectivity index (χ1) is 12.3. The van der Waals surface area contributed by atoms with Crippen LogP contribution in [0.25, 0.3) is 0 Å². The first-order valence-electron chi connectivity index (χ1n) is 8.84. The molecule has 5 heteroatoms. The summed E-state index contributed by atoms with van der Waals surface area (Å²) in [5, 5.41) is 0. The second kappa shape index (κ2) is 6.98. The zero-order valence-electron chi connectivity index (χ0n) is 15.5. The molecule has 2 aliphatic rings. The summed E-state index contributed by atoms with van der Waals surface area (Å²) in [6, 6.07) is 5.54. The largest absolute Gasteiger partial charge is 0.461 e. The van der Waals surface area contributed by atoms with Crippen LogP contribution in [0.4, 0.5) is 0 Å². The highest BCUT2D eigenvalue weighted by molar-refractivity contribution is 6.08. The van der Waals surface area contributed by atoms with E-state index in [2.05, 4.69) is 30.4 Å². The van der Waals surface area contributed by atoms with Crippen LogP contribution >= 0.6 is 0 Å². The topological polar surface area (TPSA) is 68.6 Å². The van der Waals surface area contributed by atoms with Crippen LogP contribution in [0, 0.1) is 11.3 Å². The number of ether oxygens (including phenoxy) is 1. The fourth-order valence-corrected chi connectivity index (χ4v) is 3.86. The molecular weight excluding hydrogens is 328 g/mol. The molecule has 1 aromatic heterocycles. The second-order valence-electron chi connectivity index (χ2n) is 7.68. The van der Waals surface area contributed by atoms with Gasteiger partial charge in [-0.1, -0.05) is 32.6 Å².